The predicted molar refractivity (Wildman–Crippen MR) is 75.1 cm³/mol. The fourth-order valence-corrected chi connectivity index (χ4v) is 2.45. The number of rotatable bonds is 6. The van der Waals surface area contributed by atoms with Crippen molar-refractivity contribution in [2.75, 3.05) is 14.2 Å². The lowest BCUT2D eigenvalue weighted by Gasteiger charge is -2.26. The Bertz CT molecular complexity index is 390. The lowest BCUT2D eigenvalue weighted by atomic mass is 9.93. The molecule has 18 heavy (non-hydrogen) atoms. The van der Waals surface area contributed by atoms with Gasteiger partial charge in [-0.05, 0) is 37.5 Å². The second kappa shape index (κ2) is 6.76. The molecule has 2 atom stereocenters. The van der Waals surface area contributed by atoms with E-state index in [0.717, 1.165) is 29.7 Å². The Balaban J connectivity index is 3.14. The van der Waals surface area contributed by atoms with E-state index >= 15 is 0 Å². The molecular weight excluding hydrogens is 226 g/mol. The van der Waals surface area contributed by atoms with Gasteiger partial charge in [0.15, 0.2) is 0 Å². The van der Waals surface area contributed by atoms with Gasteiger partial charge in [-0.25, -0.2) is 0 Å². The summed E-state index contributed by atoms with van der Waals surface area (Å²) in [5.41, 5.74) is 9.77. The van der Waals surface area contributed by atoms with Gasteiger partial charge in [-0.3, -0.25) is 0 Å². The first-order valence-corrected chi connectivity index (χ1v) is 6.48. The van der Waals surface area contributed by atoms with E-state index in [1.807, 2.05) is 6.07 Å². The third-order valence-corrected chi connectivity index (χ3v) is 3.32. The van der Waals surface area contributed by atoms with E-state index in [1.54, 1.807) is 14.2 Å². The average Bonchev–Trinajstić information content (AvgIpc) is 2.34. The Morgan fingerprint density at radius 2 is 1.89 bits per heavy atom. The van der Waals surface area contributed by atoms with Crippen molar-refractivity contribution in [3.8, 4) is 5.75 Å². The SMILES string of the molecule is CCCC(OC)C(N)c1c(C)cc(C)cc1OC. The van der Waals surface area contributed by atoms with Gasteiger partial charge in [0.25, 0.3) is 0 Å². The standard InChI is InChI=1S/C15H25NO2/c1-6-7-12(17-4)15(16)14-11(3)8-10(2)9-13(14)18-5/h8-9,12,15H,6-7,16H2,1-5H3. The van der Waals surface area contributed by atoms with E-state index < -0.39 is 0 Å². The second-order valence-electron chi connectivity index (χ2n) is 4.79. The van der Waals surface area contributed by atoms with Crippen LogP contribution in [0.5, 0.6) is 5.75 Å². The number of methoxy groups -OCH3 is 2. The van der Waals surface area contributed by atoms with E-state index in [4.69, 9.17) is 15.2 Å². The molecule has 2 unspecified atom stereocenters. The first kappa shape index (κ1) is 15.0. The van der Waals surface area contributed by atoms with Gasteiger partial charge in [0.1, 0.15) is 5.75 Å². The molecule has 0 fully saturated rings. The number of aryl methyl sites for hydroxylation is 2. The van der Waals surface area contributed by atoms with E-state index in [1.165, 1.54) is 5.56 Å². The van der Waals surface area contributed by atoms with Crippen molar-refractivity contribution < 1.29 is 9.47 Å². The molecular formula is C15H25NO2. The Labute approximate surface area is 110 Å². The molecule has 0 heterocycles. The zero-order chi connectivity index (χ0) is 13.7. The summed E-state index contributed by atoms with van der Waals surface area (Å²) >= 11 is 0. The average molecular weight is 251 g/mol. The van der Waals surface area contributed by atoms with Crippen LogP contribution in [0.2, 0.25) is 0 Å². The van der Waals surface area contributed by atoms with Crippen LogP contribution >= 0.6 is 0 Å². The number of ether oxygens (including phenoxy) is 2. The van der Waals surface area contributed by atoms with Crippen LogP contribution in [-0.2, 0) is 4.74 Å². The van der Waals surface area contributed by atoms with Crippen LogP contribution in [0.4, 0.5) is 0 Å². The summed E-state index contributed by atoms with van der Waals surface area (Å²) in [6, 6.07) is 4.02. The molecule has 2 N–H and O–H groups in total. The lowest BCUT2D eigenvalue weighted by molar-refractivity contribution is 0.0716. The molecule has 1 aromatic carbocycles. The highest BCUT2D eigenvalue weighted by Gasteiger charge is 2.23. The summed E-state index contributed by atoms with van der Waals surface area (Å²) in [6.45, 7) is 6.27. The maximum absolute atomic E-state index is 6.36. The van der Waals surface area contributed by atoms with E-state index in [2.05, 4.69) is 26.8 Å². The summed E-state index contributed by atoms with van der Waals surface area (Å²) < 4.78 is 11.0. The largest absolute Gasteiger partial charge is 0.496 e. The Kier molecular flexibility index (Phi) is 5.63. The monoisotopic (exact) mass is 251 g/mol. The van der Waals surface area contributed by atoms with Gasteiger partial charge >= 0.3 is 0 Å². The minimum absolute atomic E-state index is 0.0327. The molecule has 0 aliphatic rings. The van der Waals surface area contributed by atoms with Crippen LogP contribution in [0.3, 0.4) is 0 Å². The van der Waals surface area contributed by atoms with Crippen LogP contribution in [0, 0.1) is 13.8 Å². The van der Waals surface area contributed by atoms with Crippen molar-refractivity contribution in [1.29, 1.82) is 0 Å². The van der Waals surface area contributed by atoms with E-state index in [0.29, 0.717) is 0 Å². The Morgan fingerprint density at radius 3 is 2.39 bits per heavy atom. The molecule has 1 rings (SSSR count). The van der Waals surface area contributed by atoms with Crippen molar-refractivity contribution >= 4 is 0 Å². The van der Waals surface area contributed by atoms with Crippen LogP contribution in [0.15, 0.2) is 12.1 Å². The minimum Gasteiger partial charge on any atom is -0.496 e. The van der Waals surface area contributed by atoms with Gasteiger partial charge in [-0.15, -0.1) is 0 Å². The van der Waals surface area contributed by atoms with Gasteiger partial charge in [0.2, 0.25) is 0 Å². The summed E-state index contributed by atoms with van der Waals surface area (Å²) in [5, 5.41) is 0. The van der Waals surface area contributed by atoms with Crippen LogP contribution in [0.1, 0.15) is 42.5 Å². The lowest BCUT2D eigenvalue weighted by Crippen LogP contribution is -2.29. The molecule has 0 spiro atoms. The summed E-state index contributed by atoms with van der Waals surface area (Å²) in [6.07, 6.45) is 2.04. The van der Waals surface area contributed by atoms with Crippen molar-refractivity contribution in [2.24, 2.45) is 5.73 Å². The number of hydrogen-bond donors (Lipinski definition) is 1. The number of nitrogens with two attached hydrogens (primary N) is 1. The quantitative estimate of drug-likeness (QED) is 0.844. The molecule has 0 amide bonds. The summed E-state index contributed by atoms with van der Waals surface area (Å²) in [5.74, 6) is 0.859. The normalized spacial score (nSPS) is 14.3. The molecule has 3 heteroatoms. The van der Waals surface area contributed by atoms with Gasteiger partial charge < -0.3 is 15.2 Å². The zero-order valence-electron chi connectivity index (χ0n) is 12.1. The second-order valence-corrected chi connectivity index (χ2v) is 4.79. The Hall–Kier alpha value is -1.06. The molecule has 0 aliphatic carbocycles. The third-order valence-electron chi connectivity index (χ3n) is 3.32. The third kappa shape index (κ3) is 3.24. The van der Waals surface area contributed by atoms with Crippen molar-refractivity contribution in [3.05, 3.63) is 28.8 Å². The van der Waals surface area contributed by atoms with Crippen molar-refractivity contribution in [3.63, 3.8) is 0 Å². The van der Waals surface area contributed by atoms with E-state index in [9.17, 15) is 0 Å². The van der Waals surface area contributed by atoms with Gasteiger partial charge in [-0.2, -0.15) is 0 Å². The fraction of sp³-hybridized carbons (Fsp3) is 0.600. The zero-order valence-corrected chi connectivity index (χ0v) is 12.1. The topological polar surface area (TPSA) is 44.5 Å². The fourth-order valence-electron chi connectivity index (χ4n) is 2.45. The molecule has 0 aromatic heterocycles. The molecule has 102 valence electrons. The predicted octanol–water partition coefficient (Wildman–Crippen LogP) is 3.13. The minimum atomic E-state index is -0.148. The number of benzene rings is 1. The highest BCUT2D eigenvalue weighted by molar-refractivity contribution is 5.45. The van der Waals surface area contributed by atoms with Crippen molar-refractivity contribution in [2.45, 2.75) is 45.8 Å². The summed E-state index contributed by atoms with van der Waals surface area (Å²) in [4.78, 5) is 0. The number of hydrogen-bond acceptors (Lipinski definition) is 3. The van der Waals surface area contributed by atoms with Gasteiger partial charge in [-0.1, -0.05) is 19.4 Å². The molecule has 1 aromatic rings. The molecule has 3 nitrogen and oxygen atoms in total. The maximum Gasteiger partial charge on any atom is 0.124 e. The van der Waals surface area contributed by atoms with Crippen LogP contribution < -0.4 is 10.5 Å². The van der Waals surface area contributed by atoms with Gasteiger partial charge in [0.05, 0.1) is 19.3 Å². The summed E-state index contributed by atoms with van der Waals surface area (Å²) in [7, 11) is 3.41. The highest BCUT2D eigenvalue weighted by Crippen LogP contribution is 2.32. The maximum atomic E-state index is 6.36. The van der Waals surface area contributed by atoms with Crippen molar-refractivity contribution in [1.82, 2.24) is 0 Å². The smallest absolute Gasteiger partial charge is 0.124 e. The van der Waals surface area contributed by atoms with Gasteiger partial charge in [0, 0.05) is 12.7 Å². The van der Waals surface area contributed by atoms with Crippen LogP contribution in [0.25, 0.3) is 0 Å². The molecule has 0 saturated heterocycles. The van der Waals surface area contributed by atoms with Crippen LogP contribution in [-0.4, -0.2) is 20.3 Å². The highest BCUT2D eigenvalue weighted by atomic mass is 16.5. The first-order chi connectivity index (χ1) is 8.54. The molecule has 0 saturated carbocycles. The molecule has 0 bridgehead atoms. The Morgan fingerprint density at radius 1 is 1.22 bits per heavy atom. The van der Waals surface area contributed by atoms with E-state index in [-0.39, 0.29) is 12.1 Å². The molecule has 0 aliphatic heterocycles. The first-order valence-electron chi connectivity index (χ1n) is 6.48. The molecule has 0 radical (unpaired) electrons.